The first-order chi connectivity index (χ1) is 10.3. The Morgan fingerprint density at radius 1 is 1.50 bits per heavy atom. The van der Waals surface area contributed by atoms with Crippen molar-refractivity contribution in [2.75, 3.05) is 18.4 Å². The Hall–Kier alpha value is -0.940. The summed E-state index contributed by atoms with van der Waals surface area (Å²) in [7, 11) is 0. The van der Waals surface area contributed by atoms with Gasteiger partial charge in [-0.15, -0.1) is 0 Å². The van der Waals surface area contributed by atoms with Gasteiger partial charge in [0.15, 0.2) is 0 Å². The number of hydrogen-bond donors (Lipinski definition) is 1. The molecular weight excluding hydrogens is 368 g/mol. The molecule has 1 heterocycles. The molecule has 1 aromatic rings. The molecule has 1 amide bonds. The molecule has 1 fully saturated rings. The number of ether oxygens (including phenoxy) is 1. The van der Waals surface area contributed by atoms with Crippen LogP contribution in [0.2, 0.25) is 5.02 Å². The lowest BCUT2D eigenvalue weighted by molar-refractivity contribution is 0.0235. The van der Waals surface area contributed by atoms with Crippen LogP contribution in [0.5, 0.6) is 0 Å². The molecule has 4 nitrogen and oxygen atoms in total. The highest BCUT2D eigenvalue weighted by Crippen LogP contribution is 2.27. The summed E-state index contributed by atoms with van der Waals surface area (Å²) >= 11 is 9.59. The van der Waals surface area contributed by atoms with Crippen LogP contribution < -0.4 is 5.32 Å². The van der Waals surface area contributed by atoms with Gasteiger partial charge in [0.1, 0.15) is 5.60 Å². The zero-order valence-electron chi connectivity index (χ0n) is 13.2. The Bertz CT molecular complexity index is 545. The van der Waals surface area contributed by atoms with E-state index in [9.17, 15) is 4.79 Å². The van der Waals surface area contributed by atoms with E-state index >= 15 is 0 Å². The molecule has 0 bridgehead atoms. The number of carbonyl (C=O) groups is 1. The molecule has 2 rings (SSSR count). The maximum absolute atomic E-state index is 12.2. The van der Waals surface area contributed by atoms with E-state index in [0.29, 0.717) is 11.6 Å². The summed E-state index contributed by atoms with van der Waals surface area (Å²) < 4.78 is 6.41. The highest BCUT2D eigenvalue weighted by atomic mass is 79.9. The fourth-order valence-electron chi connectivity index (χ4n) is 2.47. The molecule has 0 spiro atoms. The Morgan fingerprint density at radius 2 is 2.23 bits per heavy atom. The van der Waals surface area contributed by atoms with E-state index in [2.05, 4.69) is 21.2 Å². The van der Waals surface area contributed by atoms with E-state index in [1.165, 1.54) is 0 Å². The summed E-state index contributed by atoms with van der Waals surface area (Å²) in [5.41, 5.74) is 0.410. The monoisotopic (exact) mass is 388 g/mol. The summed E-state index contributed by atoms with van der Waals surface area (Å²) in [5.74, 6) is 0. The number of likely N-dealkylation sites (tertiary alicyclic amines) is 1. The molecule has 1 atom stereocenters. The third-order valence-corrected chi connectivity index (χ3v) is 4.27. The van der Waals surface area contributed by atoms with Gasteiger partial charge >= 0.3 is 6.09 Å². The largest absolute Gasteiger partial charge is 0.444 e. The van der Waals surface area contributed by atoms with Gasteiger partial charge in [0.25, 0.3) is 0 Å². The summed E-state index contributed by atoms with van der Waals surface area (Å²) in [6.45, 7) is 7.07. The second-order valence-corrected chi connectivity index (χ2v) is 7.80. The van der Waals surface area contributed by atoms with Gasteiger partial charge in [-0.05, 0) is 51.8 Å². The first kappa shape index (κ1) is 17.4. The van der Waals surface area contributed by atoms with Gasteiger partial charge in [0.05, 0.1) is 16.8 Å². The van der Waals surface area contributed by atoms with Gasteiger partial charge in [0, 0.05) is 17.6 Å². The molecule has 1 unspecified atom stereocenters. The molecule has 0 radical (unpaired) electrons. The Kier molecular flexibility index (Phi) is 5.61. The van der Waals surface area contributed by atoms with E-state index in [1.54, 1.807) is 0 Å². The average Bonchev–Trinajstić information content (AvgIpc) is 2.84. The van der Waals surface area contributed by atoms with Crippen molar-refractivity contribution in [3.05, 3.63) is 27.7 Å². The zero-order valence-corrected chi connectivity index (χ0v) is 15.5. The molecule has 1 aromatic carbocycles. The third kappa shape index (κ3) is 4.78. The van der Waals surface area contributed by atoms with Gasteiger partial charge in [0.2, 0.25) is 0 Å². The number of rotatable bonds is 3. The number of hydrogen-bond acceptors (Lipinski definition) is 3. The summed E-state index contributed by atoms with van der Waals surface area (Å²) in [6.07, 6.45) is 1.73. The second kappa shape index (κ2) is 7.09. The fourth-order valence-corrected chi connectivity index (χ4v) is 3.21. The van der Waals surface area contributed by atoms with Crippen molar-refractivity contribution in [1.82, 2.24) is 4.90 Å². The third-order valence-electron chi connectivity index (χ3n) is 3.46. The fraction of sp³-hybridized carbons (Fsp3) is 0.562. The van der Waals surface area contributed by atoms with Crippen LogP contribution in [0.1, 0.15) is 33.6 Å². The van der Waals surface area contributed by atoms with Crippen LogP contribution >= 0.6 is 27.5 Å². The highest BCUT2D eigenvalue weighted by Gasteiger charge is 2.31. The predicted molar refractivity (Wildman–Crippen MR) is 93.6 cm³/mol. The van der Waals surface area contributed by atoms with Crippen LogP contribution in [0.15, 0.2) is 22.7 Å². The maximum Gasteiger partial charge on any atom is 0.410 e. The van der Waals surface area contributed by atoms with E-state index in [1.807, 2.05) is 43.9 Å². The van der Waals surface area contributed by atoms with Gasteiger partial charge in [-0.1, -0.05) is 27.5 Å². The SMILES string of the molecule is CC(C)(C)OC(=O)N1CCCC1CNc1ccc(Br)cc1Cl. The van der Waals surface area contributed by atoms with Crippen molar-refractivity contribution < 1.29 is 9.53 Å². The van der Waals surface area contributed by atoms with Crippen molar-refractivity contribution >= 4 is 39.3 Å². The van der Waals surface area contributed by atoms with Gasteiger partial charge in [-0.3, -0.25) is 0 Å². The van der Waals surface area contributed by atoms with Gasteiger partial charge in [-0.25, -0.2) is 4.79 Å². The summed E-state index contributed by atoms with van der Waals surface area (Å²) in [5, 5.41) is 3.99. The average molecular weight is 390 g/mol. The summed E-state index contributed by atoms with van der Waals surface area (Å²) in [4.78, 5) is 14.0. The molecular formula is C16H22BrClN2O2. The minimum absolute atomic E-state index is 0.134. The molecule has 1 aliphatic heterocycles. The quantitative estimate of drug-likeness (QED) is 0.798. The molecule has 1 N–H and O–H groups in total. The topological polar surface area (TPSA) is 41.6 Å². The molecule has 1 aliphatic rings. The number of nitrogens with one attached hydrogen (secondary N) is 1. The van der Waals surface area contributed by atoms with Crippen molar-refractivity contribution in [2.45, 2.75) is 45.3 Å². The number of benzene rings is 1. The van der Waals surface area contributed by atoms with Crippen molar-refractivity contribution in [2.24, 2.45) is 0 Å². The van der Waals surface area contributed by atoms with Crippen molar-refractivity contribution in [3.8, 4) is 0 Å². The lowest BCUT2D eigenvalue weighted by Crippen LogP contribution is -2.42. The number of nitrogens with zero attached hydrogens (tertiary/aromatic N) is 1. The van der Waals surface area contributed by atoms with Crippen molar-refractivity contribution in [1.29, 1.82) is 0 Å². The van der Waals surface area contributed by atoms with Crippen LogP contribution in [0.25, 0.3) is 0 Å². The van der Waals surface area contributed by atoms with Crippen LogP contribution in [-0.4, -0.2) is 35.7 Å². The predicted octanol–water partition coefficient (Wildman–Crippen LogP) is 4.91. The lowest BCUT2D eigenvalue weighted by Gasteiger charge is -2.29. The number of halogens is 2. The Morgan fingerprint density at radius 3 is 2.86 bits per heavy atom. The minimum atomic E-state index is -0.466. The van der Waals surface area contributed by atoms with Crippen LogP contribution in [0, 0.1) is 0 Å². The molecule has 0 aliphatic carbocycles. The van der Waals surface area contributed by atoms with E-state index < -0.39 is 5.60 Å². The smallest absolute Gasteiger partial charge is 0.410 e. The Balaban J connectivity index is 1.95. The maximum atomic E-state index is 12.2. The molecule has 1 saturated heterocycles. The number of amides is 1. The highest BCUT2D eigenvalue weighted by molar-refractivity contribution is 9.10. The molecule has 22 heavy (non-hydrogen) atoms. The van der Waals surface area contributed by atoms with E-state index in [0.717, 1.165) is 29.5 Å². The first-order valence-corrected chi connectivity index (χ1v) is 8.62. The van der Waals surface area contributed by atoms with E-state index in [-0.39, 0.29) is 12.1 Å². The normalized spacial score (nSPS) is 18.4. The van der Waals surface area contributed by atoms with Gasteiger partial charge < -0.3 is 15.0 Å². The van der Waals surface area contributed by atoms with E-state index in [4.69, 9.17) is 16.3 Å². The molecule has 122 valence electrons. The standard InChI is InChI=1S/C16H22BrClN2O2/c1-16(2,3)22-15(21)20-8-4-5-12(20)10-19-14-7-6-11(17)9-13(14)18/h6-7,9,12,19H,4-5,8,10H2,1-3H3. The van der Waals surface area contributed by atoms with Gasteiger partial charge in [-0.2, -0.15) is 0 Å². The number of carbonyl (C=O) groups excluding carboxylic acids is 1. The Labute approximate surface area is 145 Å². The first-order valence-electron chi connectivity index (χ1n) is 7.45. The molecule has 6 heteroatoms. The summed E-state index contributed by atoms with van der Waals surface area (Å²) in [6, 6.07) is 5.85. The van der Waals surface area contributed by atoms with Crippen LogP contribution in [0.4, 0.5) is 10.5 Å². The van der Waals surface area contributed by atoms with Crippen LogP contribution in [0.3, 0.4) is 0 Å². The van der Waals surface area contributed by atoms with Crippen molar-refractivity contribution in [3.63, 3.8) is 0 Å². The minimum Gasteiger partial charge on any atom is -0.444 e. The molecule has 0 aromatic heterocycles. The molecule has 0 saturated carbocycles. The van der Waals surface area contributed by atoms with Crippen LogP contribution in [-0.2, 0) is 4.74 Å². The second-order valence-electron chi connectivity index (χ2n) is 6.47. The zero-order chi connectivity index (χ0) is 16.3. The number of anilines is 1. The lowest BCUT2D eigenvalue weighted by atomic mass is 10.2.